The molecule has 0 atom stereocenters. The van der Waals surface area contributed by atoms with E-state index in [2.05, 4.69) is 41.5 Å². The van der Waals surface area contributed by atoms with Crippen LogP contribution in [-0.2, 0) is 0 Å². The van der Waals surface area contributed by atoms with E-state index in [-0.39, 0.29) is 13.8 Å². The highest BCUT2D eigenvalue weighted by atomic mass is 19.4. The molecule has 0 aliphatic heterocycles. The Morgan fingerprint density at radius 2 is 0.202 bits per heavy atom. The van der Waals surface area contributed by atoms with Crippen molar-refractivity contribution in [2.45, 2.75) is 361 Å². The largest absolute Gasteiger partial charge is 0.394 e. The summed E-state index contributed by atoms with van der Waals surface area (Å²) in [5.74, 6) is -19.4. The molecule has 0 fully saturated rings. The Bertz CT molecular complexity index is 1380. The molecule has 0 amide bonds. The minimum absolute atomic E-state index is 0.188. The van der Waals surface area contributed by atoms with E-state index < -0.39 is 120 Å². The molecule has 0 aromatic heterocycles. The predicted octanol–water partition coefficient (Wildman–Crippen LogP) is 28.9. The molecule has 0 spiro atoms. The number of rotatable bonds is 4. The first-order valence-electron chi connectivity index (χ1n) is 28.5. The van der Waals surface area contributed by atoms with E-state index in [1.807, 2.05) is 0 Å². The van der Waals surface area contributed by atoms with Crippen LogP contribution in [0.5, 0.6) is 0 Å². The third kappa shape index (κ3) is 46.1. The lowest BCUT2D eigenvalue weighted by atomic mass is 9.69. The first-order valence-corrected chi connectivity index (χ1v) is 28.5. The highest BCUT2D eigenvalue weighted by Gasteiger charge is 2.56. The molecular weight excluding hydrogens is 1240 g/mol. The lowest BCUT2D eigenvalue weighted by Crippen LogP contribution is -2.43. The van der Waals surface area contributed by atoms with Crippen molar-refractivity contribution in [3.8, 4) is 0 Å². The van der Waals surface area contributed by atoms with Gasteiger partial charge in [0.05, 0.1) is 16.2 Å². The van der Waals surface area contributed by atoms with Crippen LogP contribution in [0.1, 0.15) is 284 Å². The van der Waals surface area contributed by atoms with Gasteiger partial charge < -0.3 is 0 Å². The van der Waals surface area contributed by atoms with Crippen LogP contribution < -0.4 is 0 Å². The van der Waals surface area contributed by atoms with Gasteiger partial charge in [0, 0.05) is 38.5 Å². The molecule has 0 aliphatic rings. The molecule has 0 saturated heterocycles. The lowest BCUT2D eigenvalue weighted by Gasteiger charge is -2.40. The van der Waals surface area contributed by atoms with Gasteiger partial charge in [0.1, 0.15) is 11.3 Å². The standard InChI is InChI=1S/3C8H15F3.C8H18.3C6H12F2.2C5H9F3.C4H6F4/c3*1-6(2,3)7(4,5)8(9,10)11;1-7(2,3)8(4,5)6;1-5(2,7)6(3,4)8;2*1-5(2,3)6(4,7)8;2*1-4(2,6)5(3,7)8;1-3(5,6)4(2,7)8/h3*1-5H3;1-6H3;3*1-4H3;2*1-3H3;1-2H3. The average Bonchev–Trinajstić information content (AvgIpc) is 3.09. The molecule has 89 heavy (non-hydrogen) atoms. The van der Waals surface area contributed by atoms with Gasteiger partial charge in [-0.1, -0.05) is 187 Å². The molecule has 0 bridgehead atoms. The zero-order valence-corrected chi connectivity index (χ0v) is 61.9. The summed E-state index contributed by atoms with van der Waals surface area (Å²) >= 11 is 0. The van der Waals surface area contributed by atoms with Crippen molar-refractivity contribution in [3.63, 3.8) is 0 Å². The van der Waals surface area contributed by atoms with E-state index in [4.69, 9.17) is 0 Å². The molecule has 0 radical (unpaired) electrons. The third-order valence-electron chi connectivity index (χ3n) is 16.9. The van der Waals surface area contributed by atoms with E-state index in [9.17, 15) is 110 Å². The lowest BCUT2D eigenvalue weighted by molar-refractivity contribution is -0.244. The first kappa shape index (κ1) is 109. The summed E-state index contributed by atoms with van der Waals surface area (Å²) in [7, 11) is 0. The highest BCUT2D eigenvalue weighted by Crippen LogP contribution is 2.52. The Hall–Kier alpha value is -1.75. The molecule has 0 aromatic carbocycles. The Morgan fingerprint density at radius 3 is 0.202 bits per heavy atom. The van der Waals surface area contributed by atoms with Crippen molar-refractivity contribution in [1.82, 2.24) is 0 Å². The van der Waals surface area contributed by atoms with Crippen molar-refractivity contribution in [3.05, 3.63) is 0 Å². The highest BCUT2D eigenvalue weighted by molar-refractivity contribution is 4.91. The number of halogens is 25. The summed E-state index contributed by atoms with van der Waals surface area (Å²) < 4.78 is 303. The molecule has 0 N–H and O–H groups in total. The van der Waals surface area contributed by atoms with Crippen LogP contribution in [0.3, 0.4) is 0 Å². The normalized spacial score (nSPS) is 14.6. The van der Waals surface area contributed by atoms with Crippen LogP contribution in [0.15, 0.2) is 0 Å². The van der Waals surface area contributed by atoms with Gasteiger partial charge in [0.25, 0.3) is 11.8 Å². The summed E-state index contributed by atoms with van der Waals surface area (Å²) in [5, 5.41) is 0. The Labute approximate surface area is 523 Å². The van der Waals surface area contributed by atoms with E-state index >= 15 is 0 Å². The van der Waals surface area contributed by atoms with E-state index in [1.54, 1.807) is 62.3 Å². The molecule has 0 aliphatic carbocycles. The first-order chi connectivity index (χ1) is 36.2. The molecule has 0 unspecified atom stereocenters. The summed E-state index contributed by atoms with van der Waals surface area (Å²) in [6.07, 6.45) is -12.4. The van der Waals surface area contributed by atoms with Crippen molar-refractivity contribution < 1.29 is 110 Å². The second-order valence-corrected chi connectivity index (χ2v) is 33.3. The molecule has 0 heterocycles. The minimum atomic E-state index is -4.12. The molecule has 0 saturated carbocycles. The fourth-order valence-corrected chi connectivity index (χ4v) is 1.28. The Balaban J connectivity index is -0.0000000977. The maximum Gasteiger partial charge on any atom is 0.394 e. The van der Waals surface area contributed by atoms with Crippen LogP contribution in [0.4, 0.5) is 110 Å². The Morgan fingerprint density at radius 1 is 0.112 bits per heavy atom. The van der Waals surface area contributed by atoms with Crippen LogP contribution in [0, 0.1) is 54.1 Å². The SMILES string of the molecule is CC(C)(C)C(C)(C)C.CC(C)(C)C(C)(C)C(F)(F)F.CC(C)(C)C(C)(C)C(F)(F)F.CC(C)(C)C(C)(C)C(F)(F)F.CC(C)(C)C(C)(F)F.CC(C)(C)C(C)(F)F.CC(C)(F)C(C)(C)F.CC(C)(F)C(C)(F)F.CC(C)(F)C(C)(F)F.CC(F)(F)C(C)(F)F. The Kier molecular flexibility index (Phi) is 41.3. The summed E-state index contributed by atoms with van der Waals surface area (Å²) in [6.45, 7) is 56.2. The van der Waals surface area contributed by atoms with E-state index in [0.29, 0.717) is 24.7 Å². The quantitative estimate of drug-likeness (QED) is 0.246. The van der Waals surface area contributed by atoms with Gasteiger partial charge in [0.15, 0.2) is 11.3 Å². The molecule has 0 nitrogen and oxygen atoms in total. The number of alkyl halides is 25. The van der Waals surface area contributed by atoms with Crippen molar-refractivity contribution in [1.29, 1.82) is 0 Å². The smallest absolute Gasteiger partial charge is 0.241 e. The topological polar surface area (TPSA) is 0 Å². The molecule has 554 valence electrons. The number of hydrogen-bond donors (Lipinski definition) is 0. The maximum absolute atomic E-state index is 12.5. The van der Waals surface area contributed by atoms with Crippen molar-refractivity contribution >= 4 is 0 Å². The van der Waals surface area contributed by atoms with E-state index in [1.165, 1.54) is 111 Å². The zero-order chi connectivity index (χ0) is 77.5. The van der Waals surface area contributed by atoms with Crippen LogP contribution >= 0.6 is 0 Å². The molecular formula is C64H123F25. The van der Waals surface area contributed by atoms with E-state index in [0.717, 1.165) is 41.5 Å². The summed E-state index contributed by atoms with van der Waals surface area (Å²) in [6, 6.07) is 0. The summed E-state index contributed by atoms with van der Waals surface area (Å²) in [5.41, 5.74) is -16.3. The van der Waals surface area contributed by atoms with Crippen molar-refractivity contribution in [2.24, 2.45) is 54.1 Å². The zero-order valence-electron chi connectivity index (χ0n) is 61.9. The molecule has 0 aromatic rings. The van der Waals surface area contributed by atoms with Gasteiger partial charge >= 0.3 is 30.4 Å². The van der Waals surface area contributed by atoms with Gasteiger partial charge in [-0.15, -0.1) is 0 Å². The molecule has 25 heteroatoms. The average molecular weight is 1370 g/mol. The predicted molar refractivity (Wildman–Crippen MR) is 320 cm³/mol. The van der Waals surface area contributed by atoms with Gasteiger partial charge in [-0.3, -0.25) is 0 Å². The second-order valence-electron chi connectivity index (χ2n) is 33.3. The van der Waals surface area contributed by atoms with Crippen LogP contribution in [0.25, 0.3) is 0 Å². The van der Waals surface area contributed by atoms with Gasteiger partial charge in [-0.25, -0.2) is 70.2 Å². The third-order valence-corrected chi connectivity index (χ3v) is 16.9. The van der Waals surface area contributed by atoms with Gasteiger partial charge in [0.2, 0.25) is 11.8 Å². The molecule has 0 rings (SSSR count). The summed E-state index contributed by atoms with van der Waals surface area (Å²) in [4.78, 5) is 0. The van der Waals surface area contributed by atoms with Crippen molar-refractivity contribution in [2.75, 3.05) is 0 Å². The number of hydrogen-bond acceptors (Lipinski definition) is 0. The fraction of sp³-hybridized carbons (Fsp3) is 1.00. The van der Waals surface area contributed by atoms with Crippen LogP contribution in [-0.4, -0.2) is 76.7 Å². The maximum atomic E-state index is 12.5. The van der Waals surface area contributed by atoms with Gasteiger partial charge in [-0.2, -0.15) is 39.5 Å². The monoisotopic (exact) mass is 1370 g/mol. The fourth-order valence-electron chi connectivity index (χ4n) is 1.28. The second kappa shape index (κ2) is 33.8. The van der Waals surface area contributed by atoms with Crippen LogP contribution in [0.2, 0.25) is 0 Å². The minimum Gasteiger partial charge on any atom is -0.241 e. The van der Waals surface area contributed by atoms with Gasteiger partial charge in [-0.05, 0) is 96.3 Å².